The summed E-state index contributed by atoms with van der Waals surface area (Å²) in [4.78, 5) is 12.4. The van der Waals surface area contributed by atoms with E-state index in [9.17, 15) is 4.79 Å². The summed E-state index contributed by atoms with van der Waals surface area (Å²) in [6, 6.07) is 0. The fourth-order valence-electron chi connectivity index (χ4n) is 6.67. The van der Waals surface area contributed by atoms with Crippen LogP contribution in [0.1, 0.15) is 66.2 Å². The van der Waals surface area contributed by atoms with Gasteiger partial charge in [0.05, 0.1) is 0 Å². The van der Waals surface area contributed by atoms with Gasteiger partial charge in [-0.2, -0.15) is 0 Å². The molecule has 2 fully saturated rings. The van der Waals surface area contributed by atoms with E-state index in [1.807, 2.05) is 13.8 Å². The molecule has 0 aromatic heterocycles. The van der Waals surface area contributed by atoms with Crippen molar-refractivity contribution in [2.75, 3.05) is 7.05 Å². The molecule has 2 nitrogen and oxygen atoms in total. The second kappa shape index (κ2) is 7.37. The molecule has 0 aromatic rings. The van der Waals surface area contributed by atoms with Gasteiger partial charge >= 0.3 is 0 Å². The predicted octanol–water partition coefficient (Wildman–Crippen LogP) is 5.67. The summed E-state index contributed by atoms with van der Waals surface area (Å²) in [5.41, 5.74) is 4.54. The van der Waals surface area contributed by atoms with Crippen molar-refractivity contribution in [3.05, 3.63) is 35.5 Å². The average Bonchev–Trinajstić information content (AvgIpc) is 3.00. The number of hydrogen-bond acceptors (Lipinski definition) is 1. The van der Waals surface area contributed by atoms with E-state index in [0.717, 1.165) is 24.7 Å². The first-order valence-electron chi connectivity index (χ1n) is 10.8. The Hall–Kier alpha value is -1.31. The number of amides is 1. The van der Waals surface area contributed by atoms with E-state index in [1.54, 1.807) is 12.6 Å². The van der Waals surface area contributed by atoms with Crippen molar-refractivity contribution in [3.8, 4) is 0 Å². The maximum Gasteiger partial charge on any atom is 0.223 e. The molecule has 0 bridgehead atoms. The summed E-state index contributed by atoms with van der Waals surface area (Å²) in [7, 11) is 1.79. The van der Waals surface area contributed by atoms with Gasteiger partial charge in [-0.05, 0) is 80.1 Å². The van der Waals surface area contributed by atoms with Gasteiger partial charge in [0.15, 0.2) is 0 Å². The lowest BCUT2D eigenvalue weighted by Crippen LogP contribution is -2.47. The highest BCUT2D eigenvalue weighted by molar-refractivity contribution is 5.79. The van der Waals surface area contributed by atoms with Crippen molar-refractivity contribution in [3.63, 3.8) is 0 Å². The number of rotatable bonds is 1. The second-order valence-corrected chi connectivity index (χ2v) is 8.89. The first-order valence-corrected chi connectivity index (χ1v) is 10.8. The van der Waals surface area contributed by atoms with E-state index in [2.05, 4.69) is 37.9 Å². The molecule has 0 radical (unpaired) electrons. The van der Waals surface area contributed by atoms with Crippen molar-refractivity contribution >= 4 is 5.91 Å². The maximum absolute atomic E-state index is 12.4. The third-order valence-electron chi connectivity index (χ3n) is 7.90. The van der Waals surface area contributed by atoms with Gasteiger partial charge in [0.2, 0.25) is 5.91 Å². The Morgan fingerprint density at radius 3 is 2.65 bits per heavy atom. The van der Waals surface area contributed by atoms with Gasteiger partial charge in [-0.1, -0.05) is 50.6 Å². The van der Waals surface area contributed by atoms with Gasteiger partial charge in [0.25, 0.3) is 0 Å². The van der Waals surface area contributed by atoms with Crippen LogP contribution in [0.2, 0.25) is 0 Å². The third-order valence-corrected chi connectivity index (χ3v) is 7.90. The van der Waals surface area contributed by atoms with Crippen molar-refractivity contribution in [2.45, 2.75) is 66.2 Å². The second-order valence-electron chi connectivity index (χ2n) is 8.89. The molecule has 26 heavy (non-hydrogen) atoms. The Morgan fingerprint density at radius 1 is 1.23 bits per heavy atom. The minimum Gasteiger partial charge on any atom is -0.359 e. The minimum atomic E-state index is 0.192. The molecule has 0 aliphatic heterocycles. The maximum atomic E-state index is 12.4. The number of carbonyl (C=O) groups excluding carboxylic acids is 1. The standard InChI is InChI=1S/C22H31NO.C2H6/c1-13-5-6-15-16-9-10-22(3)19(7-8-20(22)21(24)23-4)18(16)12-14(2)17(15)11-13;1-2/h11-12,15-16,18-20H,1,5-10H2,2-4H3,(H,23,24);1-2H3. The van der Waals surface area contributed by atoms with Crippen LogP contribution in [0.3, 0.4) is 0 Å². The largest absolute Gasteiger partial charge is 0.359 e. The molecule has 6 unspecified atom stereocenters. The molecule has 4 aliphatic rings. The summed E-state index contributed by atoms with van der Waals surface area (Å²) >= 11 is 0. The molecule has 1 N–H and O–H groups in total. The summed E-state index contributed by atoms with van der Waals surface area (Å²) in [5.74, 6) is 3.35. The molecule has 0 saturated heterocycles. The monoisotopic (exact) mass is 355 g/mol. The van der Waals surface area contributed by atoms with Gasteiger partial charge in [-0.25, -0.2) is 0 Å². The number of carbonyl (C=O) groups is 1. The molecule has 1 amide bonds. The van der Waals surface area contributed by atoms with Crippen LogP contribution in [0.15, 0.2) is 35.5 Å². The molecule has 0 aromatic carbocycles. The van der Waals surface area contributed by atoms with Crippen LogP contribution in [0.25, 0.3) is 0 Å². The lowest BCUT2D eigenvalue weighted by Gasteiger charge is -2.52. The van der Waals surface area contributed by atoms with Crippen LogP contribution in [0.5, 0.6) is 0 Å². The summed E-state index contributed by atoms with van der Waals surface area (Å²) in [5, 5.41) is 2.92. The normalized spacial score (nSPS) is 40.8. The summed E-state index contributed by atoms with van der Waals surface area (Å²) in [6.45, 7) is 12.9. The van der Waals surface area contributed by atoms with E-state index < -0.39 is 0 Å². The average molecular weight is 356 g/mol. The first kappa shape index (κ1) is 19.5. The van der Waals surface area contributed by atoms with Crippen LogP contribution < -0.4 is 5.32 Å². The quantitative estimate of drug-likeness (QED) is 0.645. The van der Waals surface area contributed by atoms with Crippen molar-refractivity contribution in [1.82, 2.24) is 5.32 Å². The van der Waals surface area contributed by atoms with E-state index in [-0.39, 0.29) is 17.2 Å². The van der Waals surface area contributed by atoms with Gasteiger partial charge in [0, 0.05) is 13.0 Å². The van der Waals surface area contributed by atoms with Crippen molar-refractivity contribution in [2.24, 2.45) is 35.0 Å². The van der Waals surface area contributed by atoms with Crippen LogP contribution in [-0.2, 0) is 4.79 Å². The van der Waals surface area contributed by atoms with Gasteiger partial charge < -0.3 is 5.32 Å². The molecular weight excluding hydrogens is 318 g/mol. The lowest BCUT2D eigenvalue weighted by molar-refractivity contribution is -0.129. The van der Waals surface area contributed by atoms with Crippen LogP contribution in [0.4, 0.5) is 0 Å². The highest BCUT2D eigenvalue weighted by Crippen LogP contribution is 2.63. The zero-order chi connectivity index (χ0) is 19.1. The molecule has 4 aliphatic carbocycles. The molecule has 4 rings (SSSR count). The summed E-state index contributed by atoms with van der Waals surface area (Å²) in [6.07, 6.45) is 12.2. The smallest absolute Gasteiger partial charge is 0.223 e. The zero-order valence-electron chi connectivity index (χ0n) is 17.4. The third kappa shape index (κ3) is 2.90. The highest BCUT2D eigenvalue weighted by atomic mass is 16.1. The van der Waals surface area contributed by atoms with Crippen LogP contribution in [-0.4, -0.2) is 13.0 Å². The number of hydrogen-bond donors (Lipinski definition) is 1. The lowest BCUT2D eigenvalue weighted by atomic mass is 9.52. The molecule has 2 heteroatoms. The fraction of sp³-hybridized carbons (Fsp3) is 0.708. The first-order chi connectivity index (χ1) is 12.5. The number of fused-ring (bicyclic) bond motifs is 5. The van der Waals surface area contributed by atoms with Crippen molar-refractivity contribution < 1.29 is 4.79 Å². The van der Waals surface area contributed by atoms with E-state index in [4.69, 9.17) is 0 Å². The van der Waals surface area contributed by atoms with Crippen LogP contribution in [0, 0.1) is 35.0 Å². The summed E-state index contributed by atoms with van der Waals surface area (Å²) < 4.78 is 0. The van der Waals surface area contributed by atoms with E-state index in [0.29, 0.717) is 11.8 Å². The van der Waals surface area contributed by atoms with Gasteiger partial charge in [-0.3, -0.25) is 4.79 Å². The fourth-order valence-corrected chi connectivity index (χ4v) is 6.67. The molecular formula is C24H37NO. The Bertz CT molecular complexity index is 643. The SMILES string of the molecule is C=C1C=C2C(C)=CC3C(CCC4(C)C(C(=O)NC)CCC34)C2CC1.CC. The number of allylic oxidation sites excluding steroid dienone is 5. The Morgan fingerprint density at radius 2 is 1.96 bits per heavy atom. The predicted molar refractivity (Wildman–Crippen MR) is 110 cm³/mol. The highest BCUT2D eigenvalue weighted by Gasteiger charge is 2.57. The van der Waals surface area contributed by atoms with E-state index >= 15 is 0 Å². The minimum absolute atomic E-state index is 0.192. The molecule has 6 atom stereocenters. The van der Waals surface area contributed by atoms with Gasteiger partial charge in [0.1, 0.15) is 0 Å². The Labute approximate surface area is 160 Å². The Balaban J connectivity index is 0.000000948. The Kier molecular flexibility index (Phi) is 5.51. The molecule has 0 spiro atoms. The molecule has 2 saturated carbocycles. The van der Waals surface area contributed by atoms with Gasteiger partial charge in [-0.15, -0.1) is 0 Å². The van der Waals surface area contributed by atoms with Crippen LogP contribution >= 0.6 is 0 Å². The topological polar surface area (TPSA) is 29.1 Å². The molecule has 144 valence electrons. The molecule has 0 heterocycles. The van der Waals surface area contributed by atoms with E-state index in [1.165, 1.54) is 36.8 Å². The van der Waals surface area contributed by atoms with Crippen molar-refractivity contribution in [1.29, 1.82) is 0 Å². The number of nitrogens with one attached hydrogen (secondary N) is 1. The zero-order valence-corrected chi connectivity index (χ0v) is 17.4.